The molecule has 1 atom stereocenters. The van der Waals surface area contributed by atoms with E-state index in [1.54, 1.807) is 0 Å². The predicted octanol–water partition coefficient (Wildman–Crippen LogP) is -0.756. The molecule has 0 radical (unpaired) electrons. The van der Waals surface area contributed by atoms with Crippen LogP contribution in [0.15, 0.2) is 30.3 Å². The maximum Gasteiger partial charge on any atom is 0.325 e. The van der Waals surface area contributed by atoms with E-state index in [0.29, 0.717) is 26.2 Å². The second-order valence-electron chi connectivity index (χ2n) is 6.35. The van der Waals surface area contributed by atoms with Crippen molar-refractivity contribution >= 4 is 17.8 Å². The number of aliphatic hydroxyl groups is 1. The molecule has 4 amide bonds. The van der Waals surface area contributed by atoms with Gasteiger partial charge in [-0.1, -0.05) is 30.3 Å². The molecule has 2 saturated heterocycles. The minimum atomic E-state index is -0.668. The van der Waals surface area contributed by atoms with E-state index < -0.39 is 18.0 Å². The van der Waals surface area contributed by atoms with Crippen molar-refractivity contribution in [3.63, 3.8) is 0 Å². The van der Waals surface area contributed by atoms with Crippen molar-refractivity contribution in [3.05, 3.63) is 35.9 Å². The number of imide groups is 1. The molecule has 2 heterocycles. The number of aliphatic hydroxyl groups excluding tert-OH is 1. The summed E-state index contributed by atoms with van der Waals surface area (Å²) in [4.78, 5) is 40.1. The summed E-state index contributed by atoms with van der Waals surface area (Å²) >= 11 is 0. The molecule has 1 aromatic rings. The van der Waals surface area contributed by atoms with Crippen LogP contribution in [0.4, 0.5) is 4.79 Å². The van der Waals surface area contributed by atoms with Gasteiger partial charge in [-0.15, -0.1) is 0 Å². The van der Waals surface area contributed by atoms with Crippen LogP contribution in [0, 0.1) is 0 Å². The molecule has 0 aliphatic carbocycles. The lowest BCUT2D eigenvalue weighted by Gasteiger charge is -2.23. The van der Waals surface area contributed by atoms with Gasteiger partial charge >= 0.3 is 6.03 Å². The predicted molar refractivity (Wildman–Crippen MR) is 89.4 cm³/mol. The van der Waals surface area contributed by atoms with Crippen LogP contribution in [0.1, 0.15) is 5.56 Å². The summed E-state index contributed by atoms with van der Waals surface area (Å²) in [6.07, 6.45) is -0.668. The van der Waals surface area contributed by atoms with Gasteiger partial charge < -0.3 is 15.3 Å². The molecule has 0 unspecified atom stereocenters. The Bertz CT molecular complexity index is 635. The van der Waals surface area contributed by atoms with Crippen molar-refractivity contribution in [3.8, 4) is 0 Å². The lowest BCUT2D eigenvalue weighted by molar-refractivity contribution is -0.137. The lowest BCUT2D eigenvalue weighted by Crippen LogP contribution is -2.45. The Labute approximate surface area is 146 Å². The molecule has 0 bridgehead atoms. The molecule has 2 fully saturated rings. The summed E-state index contributed by atoms with van der Waals surface area (Å²) in [5.41, 5.74) is 1.15. The van der Waals surface area contributed by atoms with Crippen LogP contribution in [-0.4, -0.2) is 83.0 Å². The van der Waals surface area contributed by atoms with Gasteiger partial charge in [-0.2, -0.15) is 0 Å². The third-order valence-corrected chi connectivity index (χ3v) is 4.42. The topological polar surface area (TPSA) is 93.2 Å². The Morgan fingerprint density at radius 1 is 1.16 bits per heavy atom. The Kier molecular flexibility index (Phi) is 5.30. The van der Waals surface area contributed by atoms with E-state index in [9.17, 15) is 19.5 Å². The fraction of sp³-hybridized carbons (Fsp3) is 0.471. The van der Waals surface area contributed by atoms with Crippen molar-refractivity contribution < 1.29 is 19.5 Å². The number of hydrogen-bond donors (Lipinski definition) is 2. The summed E-state index contributed by atoms with van der Waals surface area (Å²) in [6, 6.07) is 9.40. The molecule has 25 heavy (non-hydrogen) atoms. The molecular weight excluding hydrogens is 324 g/mol. The highest BCUT2D eigenvalue weighted by atomic mass is 16.3. The maximum atomic E-state index is 12.4. The van der Waals surface area contributed by atoms with Gasteiger partial charge in [0.1, 0.15) is 6.54 Å². The first-order valence-corrected chi connectivity index (χ1v) is 8.33. The number of urea groups is 1. The highest BCUT2D eigenvalue weighted by Crippen LogP contribution is 2.10. The monoisotopic (exact) mass is 346 g/mol. The molecule has 8 heteroatoms. The first kappa shape index (κ1) is 17.4. The number of benzene rings is 1. The van der Waals surface area contributed by atoms with Gasteiger partial charge in [-0.25, -0.2) is 4.79 Å². The molecule has 0 saturated carbocycles. The maximum absolute atomic E-state index is 12.4. The zero-order valence-electron chi connectivity index (χ0n) is 13.9. The molecule has 1 aromatic carbocycles. The van der Waals surface area contributed by atoms with Gasteiger partial charge in [0.05, 0.1) is 12.6 Å². The molecule has 2 aliphatic heterocycles. The molecule has 3 rings (SSSR count). The summed E-state index contributed by atoms with van der Waals surface area (Å²) in [6.45, 7) is 2.10. The number of amides is 4. The molecule has 8 nitrogen and oxygen atoms in total. The largest absolute Gasteiger partial charge is 0.390 e. The van der Waals surface area contributed by atoms with Crippen molar-refractivity contribution in [2.75, 3.05) is 39.3 Å². The standard InChI is InChI=1S/C17H22N4O4/c22-14-10-19(9-13-4-2-1-3-5-13)6-7-20(11-14)16(24)12-21-15(23)8-18-17(21)25/h1-5,14,22H,6-12H2,(H,18,25)/t14-/m1/s1. The Morgan fingerprint density at radius 3 is 2.60 bits per heavy atom. The number of nitrogens with one attached hydrogen (secondary N) is 1. The zero-order valence-corrected chi connectivity index (χ0v) is 13.9. The number of carbonyl (C=O) groups is 3. The third-order valence-electron chi connectivity index (χ3n) is 4.42. The second-order valence-corrected chi connectivity index (χ2v) is 6.35. The Hall–Kier alpha value is -2.45. The van der Waals surface area contributed by atoms with Gasteiger partial charge in [0.25, 0.3) is 5.91 Å². The van der Waals surface area contributed by atoms with E-state index in [1.807, 2.05) is 30.3 Å². The summed E-state index contributed by atoms with van der Waals surface area (Å²) in [5.74, 6) is -0.731. The van der Waals surface area contributed by atoms with Crippen molar-refractivity contribution in [2.45, 2.75) is 12.6 Å². The number of β-amino-alcohol motifs (C(OH)–C–C–N with tert-alkyl or cyclic N) is 1. The van der Waals surface area contributed by atoms with Crippen molar-refractivity contribution in [1.82, 2.24) is 20.0 Å². The van der Waals surface area contributed by atoms with Crippen LogP contribution < -0.4 is 5.32 Å². The minimum absolute atomic E-state index is 0.0698. The number of carbonyl (C=O) groups excluding carboxylic acids is 3. The van der Waals surface area contributed by atoms with Gasteiger partial charge in [-0.05, 0) is 5.56 Å². The average molecular weight is 346 g/mol. The normalized spacial score (nSPS) is 22.0. The summed E-state index contributed by atoms with van der Waals surface area (Å²) < 4.78 is 0. The van der Waals surface area contributed by atoms with E-state index in [2.05, 4.69) is 10.2 Å². The fourth-order valence-electron chi connectivity index (χ4n) is 3.12. The minimum Gasteiger partial charge on any atom is -0.390 e. The molecule has 134 valence electrons. The van der Waals surface area contributed by atoms with Crippen LogP contribution in [-0.2, 0) is 16.1 Å². The van der Waals surface area contributed by atoms with Crippen LogP contribution in [0.3, 0.4) is 0 Å². The van der Waals surface area contributed by atoms with Crippen LogP contribution >= 0.6 is 0 Å². The highest BCUT2D eigenvalue weighted by Gasteiger charge is 2.33. The molecule has 2 aliphatic rings. The summed E-state index contributed by atoms with van der Waals surface area (Å²) in [5, 5.41) is 12.6. The molecule has 2 N–H and O–H groups in total. The SMILES string of the molecule is O=C(CN1C(=O)CNC1=O)N1CCN(Cc2ccccc2)C[C@@H](O)C1. The van der Waals surface area contributed by atoms with Crippen molar-refractivity contribution in [2.24, 2.45) is 0 Å². The van der Waals surface area contributed by atoms with E-state index in [1.165, 1.54) is 4.90 Å². The average Bonchev–Trinajstić information content (AvgIpc) is 2.80. The molecule has 0 spiro atoms. The number of hydrogen-bond acceptors (Lipinski definition) is 5. The first-order valence-electron chi connectivity index (χ1n) is 8.33. The first-order chi connectivity index (χ1) is 12.0. The molecule has 0 aromatic heterocycles. The molecular formula is C17H22N4O4. The lowest BCUT2D eigenvalue weighted by atomic mass is 10.2. The van der Waals surface area contributed by atoms with E-state index >= 15 is 0 Å². The number of nitrogens with zero attached hydrogens (tertiary/aromatic N) is 3. The second kappa shape index (κ2) is 7.62. The third kappa shape index (κ3) is 4.34. The number of rotatable bonds is 4. The van der Waals surface area contributed by atoms with E-state index in [-0.39, 0.29) is 25.5 Å². The fourth-order valence-corrected chi connectivity index (χ4v) is 3.12. The van der Waals surface area contributed by atoms with E-state index in [4.69, 9.17) is 0 Å². The van der Waals surface area contributed by atoms with E-state index in [0.717, 1.165) is 10.5 Å². The summed E-state index contributed by atoms with van der Waals surface area (Å²) in [7, 11) is 0. The van der Waals surface area contributed by atoms with Gasteiger partial charge in [-0.3, -0.25) is 19.4 Å². The van der Waals surface area contributed by atoms with Gasteiger partial charge in [0.2, 0.25) is 5.91 Å². The Morgan fingerprint density at radius 2 is 1.92 bits per heavy atom. The highest BCUT2D eigenvalue weighted by molar-refractivity contribution is 6.04. The quantitative estimate of drug-likeness (QED) is 0.700. The van der Waals surface area contributed by atoms with Crippen molar-refractivity contribution in [1.29, 1.82) is 0 Å². The smallest absolute Gasteiger partial charge is 0.325 e. The van der Waals surface area contributed by atoms with Crippen LogP contribution in [0.5, 0.6) is 0 Å². The van der Waals surface area contributed by atoms with Gasteiger partial charge in [0.15, 0.2) is 0 Å². The van der Waals surface area contributed by atoms with Gasteiger partial charge in [0, 0.05) is 32.7 Å². The van der Waals surface area contributed by atoms with Crippen LogP contribution in [0.25, 0.3) is 0 Å². The Balaban J connectivity index is 1.58. The van der Waals surface area contributed by atoms with Crippen LogP contribution in [0.2, 0.25) is 0 Å². The zero-order chi connectivity index (χ0) is 17.8.